The van der Waals surface area contributed by atoms with Gasteiger partial charge in [-0.15, -0.1) is 0 Å². The van der Waals surface area contributed by atoms with Crippen LogP contribution < -0.4 is 5.32 Å². The average Bonchev–Trinajstić information content (AvgIpc) is 2.50. The number of rotatable bonds is 5. The van der Waals surface area contributed by atoms with Gasteiger partial charge in [0.1, 0.15) is 0 Å². The van der Waals surface area contributed by atoms with Gasteiger partial charge in [0.2, 0.25) is 0 Å². The van der Waals surface area contributed by atoms with E-state index < -0.39 is 0 Å². The summed E-state index contributed by atoms with van der Waals surface area (Å²) in [5.41, 5.74) is 0. The second-order valence-corrected chi connectivity index (χ2v) is 4.31. The summed E-state index contributed by atoms with van der Waals surface area (Å²) < 4.78 is 5.59. The van der Waals surface area contributed by atoms with Crippen molar-refractivity contribution in [2.45, 2.75) is 64.6 Å². The second-order valence-electron chi connectivity index (χ2n) is 4.31. The lowest BCUT2D eigenvalue weighted by Gasteiger charge is -2.15. The van der Waals surface area contributed by atoms with E-state index in [2.05, 4.69) is 26.1 Å². The molecule has 1 aliphatic heterocycles. The molecule has 1 saturated heterocycles. The highest BCUT2D eigenvalue weighted by atomic mass is 16.5. The Labute approximate surface area is 82.0 Å². The minimum absolute atomic E-state index is 0.368. The van der Waals surface area contributed by atoms with Gasteiger partial charge in [0.25, 0.3) is 0 Å². The molecule has 2 atom stereocenters. The summed E-state index contributed by atoms with van der Waals surface area (Å²) >= 11 is 0. The molecule has 0 aromatic carbocycles. The van der Waals surface area contributed by atoms with Crippen LogP contribution in [0.3, 0.4) is 0 Å². The van der Waals surface area contributed by atoms with E-state index in [9.17, 15) is 0 Å². The molecule has 1 aliphatic rings. The van der Waals surface area contributed by atoms with Crippen LogP contribution in [-0.2, 0) is 4.74 Å². The Morgan fingerprint density at radius 3 is 2.62 bits per heavy atom. The second kappa shape index (κ2) is 5.61. The maximum absolute atomic E-state index is 5.59. The van der Waals surface area contributed by atoms with Crippen LogP contribution in [0.5, 0.6) is 0 Å². The molecule has 0 aromatic heterocycles. The van der Waals surface area contributed by atoms with Crippen molar-refractivity contribution in [1.82, 2.24) is 5.32 Å². The topological polar surface area (TPSA) is 21.3 Å². The third-order valence-electron chi connectivity index (χ3n) is 2.60. The highest BCUT2D eigenvalue weighted by molar-refractivity contribution is 4.82. The van der Waals surface area contributed by atoms with Gasteiger partial charge in [0.15, 0.2) is 0 Å². The molecule has 1 N–H and O–H groups in total. The largest absolute Gasteiger partial charge is 0.377 e. The predicted octanol–water partition coefficient (Wildman–Crippen LogP) is 2.33. The molecule has 1 heterocycles. The molecule has 0 saturated carbocycles. The first-order valence-electron chi connectivity index (χ1n) is 5.60. The maximum Gasteiger partial charge on any atom is 0.0623 e. The summed E-state index contributed by atoms with van der Waals surface area (Å²) in [6, 6.07) is 1.37. The van der Waals surface area contributed by atoms with Gasteiger partial charge in [-0.3, -0.25) is 0 Å². The zero-order valence-corrected chi connectivity index (χ0v) is 9.18. The van der Waals surface area contributed by atoms with Gasteiger partial charge in [-0.1, -0.05) is 13.3 Å². The molecule has 2 unspecified atom stereocenters. The van der Waals surface area contributed by atoms with Crippen molar-refractivity contribution in [1.29, 1.82) is 0 Å². The van der Waals surface area contributed by atoms with Crippen LogP contribution in [0.1, 0.15) is 46.5 Å². The lowest BCUT2D eigenvalue weighted by atomic mass is 10.1. The maximum atomic E-state index is 5.59. The quantitative estimate of drug-likeness (QED) is 0.710. The van der Waals surface area contributed by atoms with Gasteiger partial charge in [0, 0.05) is 12.1 Å². The monoisotopic (exact) mass is 185 g/mol. The Balaban J connectivity index is 2.10. The van der Waals surface area contributed by atoms with Gasteiger partial charge in [0.05, 0.1) is 12.7 Å². The predicted molar refractivity (Wildman–Crippen MR) is 55.9 cm³/mol. The number of nitrogens with one attached hydrogen (secondary N) is 1. The zero-order chi connectivity index (χ0) is 9.68. The van der Waals surface area contributed by atoms with Gasteiger partial charge in [-0.2, -0.15) is 0 Å². The van der Waals surface area contributed by atoms with E-state index in [-0.39, 0.29) is 0 Å². The molecule has 0 bridgehead atoms. The van der Waals surface area contributed by atoms with Gasteiger partial charge < -0.3 is 10.1 Å². The van der Waals surface area contributed by atoms with Crippen LogP contribution in [0.4, 0.5) is 0 Å². The highest BCUT2D eigenvalue weighted by Crippen LogP contribution is 2.16. The van der Waals surface area contributed by atoms with Gasteiger partial charge >= 0.3 is 0 Å². The molecule has 0 spiro atoms. The molecule has 0 aliphatic carbocycles. The molecule has 78 valence electrons. The SMILES string of the molecule is CCCC1CCC(COC(C)C)N1. The molecule has 1 rings (SSSR count). The van der Waals surface area contributed by atoms with Crippen LogP contribution in [-0.4, -0.2) is 24.8 Å². The van der Waals surface area contributed by atoms with E-state index in [1.54, 1.807) is 0 Å². The van der Waals surface area contributed by atoms with Crippen molar-refractivity contribution in [3.8, 4) is 0 Å². The van der Waals surface area contributed by atoms with Crippen molar-refractivity contribution in [2.75, 3.05) is 6.61 Å². The van der Waals surface area contributed by atoms with E-state index >= 15 is 0 Å². The summed E-state index contributed by atoms with van der Waals surface area (Å²) in [4.78, 5) is 0. The van der Waals surface area contributed by atoms with Crippen LogP contribution in [0.15, 0.2) is 0 Å². The zero-order valence-electron chi connectivity index (χ0n) is 9.18. The fourth-order valence-corrected chi connectivity index (χ4v) is 1.92. The highest BCUT2D eigenvalue weighted by Gasteiger charge is 2.22. The van der Waals surface area contributed by atoms with Crippen LogP contribution in [0.25, 0.3) is 0 Å². The Morgan fingerprint density at radius 1 is 1.31 bits per heavy atom. The Bertz CT molecular complexity index is 136. The Morgan fingerprint density at radius 2 is 2.00 bits per heavy atom. The van der Waals surface area contributed by atoms with Gasteiger partial charge in [-0.25, -0.2) is 0 Å². The van der Waals surface area contributed by atoms with E-state index in [0.29, 0.717) is 12.1 Å². The van der Waals surface area contributed by atoms with Crippen LogP contribution in [0.2, 0.25) is 0 Å². The first-order valence-corrected chi connectivity index (χ1v) is 5.60. The van der Waals surface area contributed by atoms with E-state index in [1.807, 2.05) is 0 Å². The summed E-state index contributed by atoms with van der Waals surface area (Å²) in [6.45, 7) is 7.33. The molecular formula is C11H23NO. The standard InChI is InChI=1S/C11H23NO/c1-4-5-10-6-7-11(12-10)8-13-9(2)3/h9-12H,4-8H2,1-3H3. The molecular weight excluding hydrogens is 162 g/mol. The summed E-state index contributed by atoms with van der Waals surface area (Å²) in [5.74, 6) is 0. The molecule has 0 amide bonds. The summed E-state index contributed by atoms with van der Waals surface area (Å²) in [7, 11) is 0. The van der Waals surface area contributed by atoms with Crippen molar-refractivity contribution in [3.63, 3.8) is 0 Å². The molecule has 1 fully saturated rings. The molecule has 2 heteroatoms. The Kier molecular flexibility index (Phi) is 4.74. The molecule has 0 radical (unpaired) electrons. The van der Waals surface area contributed by atoms with Crippen molar-refractivity contribution < 1.29 is 4.74 Å². The third-order valence-corrected chi connectivity index (χ3v) is 2.60. The van der Waals surface area contributed by atoms with E-state index in [1.165, 1.54) is 25.7 Å². The minimum Gasteiger partial charge on any atom is -0.377 e. The fraction of sp³-hybridized carbons (Fsp3) is 1.00. The van der Waals surface area contributed by atoms with E-state index in [0.717, 1.165) is 12.6 Å². The first kappa shape index (κ1) is 11.0. The van der Waals surface area contributed by atoms with Crippen LogP contribution >= 0.6 is 0 Å². The van der Waals surface area contributed by atoms with Crippen LogP contribution in [0, 0.1) is 0 Å². The number of hydrogen-bond acceptors (Lipinski definition) is 2. The lowest BCUT2D eigenvalue weighted by molar-refractivity contribution is 0.0639. The Hall–Kier alpha value is -0.0800. The third kappa shape index (κ3) is 4.10. The first-order chi connectivity index (χ1) is 6.22. The minimum atomic E-state index is 0.368. The number of hydrogen-bond donors (Lipinski definition) is 1. The van der Waals surface area contributed by atoms with Crippen molar-refractivity contribution >= 4 is 0 Å². The molecule has 0 aromatic rings. The summed E-state index contributed by atoms with van der Waals surface area (Å²) in [5, 5.41) is 3.62. The molecule has 13 heavy (non-hydrogen) atoms. The summed E-state index contributed by atoms with van der Waals surface area (Å²) in [6.07, 6.45) is 5.59. The lowest BCUT2D eigenvalue weighted by Crippen LogP contribution is -2.33. The molecule has 2 nitrogen and oxygen atoms in total. The fourth-order valence-electron chi connectivity index (χ4n) is 1.92. The van der Waals surface area contributed by atoms with Gasteiger partial charge in [-0.05, 0) is 33.1 Å². The normalized spacial score (nSPS) is 28.6. The smallest absolute Gasteiger partial charge is 0.0623 e. The van der Waals surface area contributed by atoms with Crippen molar-refractivity contribution in [3.05, 3.63) is 0 Å². The average molecular weight is 185 g/mol. The van der Waals surface area contributed by atoms with E-state index in [4.69, 9.17) is 4.74 Å². The number of ether oxygens (including phenoxy) is 1. The van der Waals surface area contributed by atoms with Crippen molar-refractivity contribution in [2.24, 2.45) is 0 Å².